The zero-order valence-electron chi connectivity index (χ0n) is 9.61. The SMILES string of the molecule is CN(C)CCNc1ccc(C(F)(F)F)cc1Br. The zero-order chi connectivity index (χ0) is 13.1. The number of rotatable bonds is 4. The summed E-state index contributed by atoms with van der Waals surface area (Å²) < 4.78 is 37.7. The second-order valence-corrected chi connectivity index (χ2v) is 4.78. The van der Waals surface area contributed by atoms with Gasteiger partial charge in [-0.25, -0.2) is 0 Å². The Bertz CT molecular complexity index is 377. The van der Waals surface area contributed by atoms with Gasteiger partial charge in [0.1, 0.15) is 0 Å². The predicted octanol–water partition coefficient (Wildman–Crippen LogP) is 3.44. The number of alkyl halides is 3. The van der Waals surface area contributed by atoms with Crippen molar-refractivity contribution in [1.82, 2.24) is 4.90 Å². The van der Waals surface area contributed by atoms with Gasteiger partial charge in [0.15, 0.2) is 0 Å². The molecule has 2 nitrogen and oxygen atoms in total. The molecule has 0 unspecified atom stereocenters. The Morgan fingerprint density at radius 3 is 2.41 bits per heavy atom. The third kappa shape index (κ3) is 4.55. The van der Waals surface area contributed by atoms with Crippen LogP contribution in [0.25, 0.3) is 0 Å². The van der Waals surface area contributed by atoms with Crippen molar-refractivity contribution < 1.29 is 13.2 Å². The third-order valence-corrected chi connectivity index (χ3v) is 2.83. The Labute approximate surface area is 107 Å². The van der Waals surface area contributed by atoms with Gasteiger partial charge in [-0.3, -0.25) is 0 Å². The molecular formula is C11H14BrF3N2. The van der Waals surface area contributed by atoms with Crippen LogP contribution in [0.2, 0.25) is 0 Å². The fourth-order valence-electron chi connectivity index (χ4n) is 1.25. The van der Waals surface area contributed by atoms with Gasteiger partial charge in [0.2, 0.25) is 0 Å². The standard InChI is InChI=1S/C11H14BrF3N2/c1-17(2)6-5-16-10-4-3-8(7-9(10)12)11(13,14)15/h3-4,7,16H,5-6H2,1-2H3. The van der Waals surface area contributed by atoms with Crippen molar-refractivity contribution in [2.45, 2.75) is 6.18 Å². The lowest BCUT2D eigenvalue weighted by molar-refractivity contribution is -0.137. The molecule has 0 aliphatic carbocycles. The molecule has 0 saturated heterocycles. The minimum absolute atomic E-state index is 0.422. The van der Waals surface area contributed by atoms with E-state index in [0.29, 0.717) is 16.7 Å². The lowest BCUT2D eigenvalue weighted by Crippen LogP contribution is -2.21. The summed E-state index contributed by atoms with van der Waals surface area (Å²) in [6, 6.07) is 3.59. The molecule has 0 aliphatic heterocycles. The first kappa shape index (κ1) is 14.3. The Kier molecular flexibility index (Phi) is 4.82. The summed E-state index contributed by atoms with van der Waals surface area (Å²) in [7, 11) is 3.87. The molecule has 0 aromatic heterocycles. The van der Waals surface area contributed by atoms with Crippen LogP contribution in [0.1, 0.15) is 5.56 Å². The molecule has 0 bridgehead atoms. The van der Waals surface area contributed by atoms with Crippen LogP contribution in [0.15, 0.2) is 22.7 Å². The summed E-state index contributed by atoms with van der Waals surface area (Å²) in [5.41, 5.74) is 0.0161. The number of anilines is 1. The van der Waals surface area contributed by atoms with E-state index in [1.807, 2.05) is 19.0 Å². The van der Waals surface area contributed by atoms with Gasteiger partial charge < -0.3 is 10.2 Å². The van der Waals surface area contributed by atoms with E-state index in [1.165, 1.54) is 6.07 Å². The van der Waals surface area contributed by atoms with Crippen LogP contribution >= 0.6 is 15.9 Å². The average Bonchev–Trinajstić information content (AvgIpc) is 2.18. The summed E-state index contributed by atoms with van der Waals surface area (Å²) in [6.45, 7) is 1.49. The van der Waals surface area contributed by atoms with Crippen molar-refractivity contribution in [2.24, 2.45) is 0 Å². The maximum atomic E-state index is 12.4. The van der Waals surface area contributed by atoms with Crippen LogP contribution in [0.3, 0.4) is 0 Å². The summed E-state index contributed by atoms with van der Waals surface area (Å²) in [5, 5.41) is 3.07. The molecule has 17 heavy (non-hydrogen) atoms. The molecule has 0 spiro atoms. The van der Waals surface area contributed by atoms with Gasteiger partial charge in [0, 0.05) is 23.2 Å². The van der Waals surface area contributed by atoms with Gasteiger partial charge in [0.05, 0.1) is 5.56 Å². The van der Waals surface area contributed by atoms with Crippen LogP contribution in [0.4, 0.5) is 18.9 Å². The molecule has 6 heteroatoms. The number of hydrogen-bond acceptors (Lipinski definition) is 2. The minimum atomic E-state index is -4.30. The van der Waals surface area contributed by atoms with Crippen molar-refractivity contribution in [3.8, 4) is 0 Å². The Morgan fingerprint density at radius 1 is 1.29 bits per heavy atom. The lowest BCUT2D eigenvalue weighted by Gasteiger charge is -2.14. The zero-order valence-corrected chi connectivity index (χ0v) is 11.2. The number of hydrogen-bond donors (Lipinski definition) is 1. The lowest BCUT2D eigenvalue weighted by atomic mass is 10.2. The van der Waals surface area contributed by atoms with E-state index in [9.17, 15) is 13.2 Å². The first-order valence-corrected chi connectivity index (χ1v) is 5.85. The van der Waals surface area contributed by atoms with Gasteiger partial charge in [0.25, 0.3) is 0 Å². The molecule has 0 fully saturated rings. The van der Waals surface area contributed by atoms with E-state index >= 15 is 0 Å². The maximum absolute atomic E-state index is 12.4. The van der Waals surface area contributed by atoms with Gasteiger partial charge in [-0.05, 0) is 48.2 Å². The van der Waals surface area contributed by atoms with Crippen molar-refractivity contribution in [1.29, 1.82) is 0 Å². The fourth-order valence-corrected chi connectivity index (χ4v) is 1.77. The number of nitrogens with zero attached hydrogens (tertiary/aromatic N) is 1. The second kappa shape index (κ2) is 5.73. The molecule has 1 rings (SSSR count). The molecule has 1 aromatic carbocycles. The molecule has 1 aromatic rings. The monoisotopic (exact) mass is 310 g/mol. The van der Waals surface area contributed by atoms with Crippen molar-refractivity contribution >= 4 is 21.6 Å². The van der Waals surface area contributed by atoms with E-state index in [2.05, 4.69) is 21.2 Å². The molecule has 0 amide bonds. The van der Waals surface area contributed by atoms with Gasteiger partial charge >= 0.3 is 6.18 Å². The highest BCUT2D eigenvalue weighted by Gasteiger charge is 2.30. The number of halogens is 4. The van der Waals surface area contributed by atoms with Crippen LogP contribution in [-0.2, 0) is 6.18 Å². The quantitative estimate of drug-likeness (QED) is 0.916. The summed E-state index contributed by atoms with van der Waals surface area (Å²) in [6.07, 6.45) is -4.30. The van der Waals surface area contributed by atoms with E-state index in [4.69, 9.17) is 0 Å². The molecular weight excluding hydrogens is 297 g/mol. The second-order valence-electron chi connectivity index (χ2n) is 3.92. The van der Waals surface area contributed by atoms with E-state index in [-0.39, 0.29) is 0 Å². The highest BCUT2D eigenvalue weighted by Crippen LogP contribution is 2.33. The summed E-state index contributed by atoms with van der Waals surface area (Å²) in [4.78, 5) is 1.99. The molecule has 0 atom stereocenters. The predicted molar refractivity (Wildman–Crippen MR) is 66.2 cm³/mol. The van der Waals surface area contributed by atoms with Crippen LogP contribution < -0.4 is 5.32 Å². The van der Waals surface area contributed by atoms with Crippen LogP contribution in [-0.4, -0.2) is 32.1 Å². The van der Waals surface area contributed by atoms with Crippen molar-refractivity contribution in [3.05, 3.63) is 28.2 Å². The smallest absolute Gasteiger partial charge is 0.383 e. The van der Waals surface area contributed by atoms with Gasteiger partial charge in [-0.15, -0.1) is 0 Å². The largest absolute Gasteiger partial charge is 0.416 e. The molecule has 0 heterocycles. The molecule has 0 aliphatic rings. The Morgan fingerprint density at radius 2 is 1.94 bits per heavy atom. The fraction of sp³-hybridized carbons (Fsp3) is 0.455. The molecule has 0 saturated carbocycles. The highest BCUT2D eigenvalue weighted by molar-refractivity contribution is 9.10. The van der Waals surface area contributed by atoms with Gasteiger partial charge in [-0.1, -0.05) is 0 Å². The number of likely N-dealkylation sites (N-methyl/N-ethyl adjacent to an activating group) is 1. The first-order chi connectivity index (χ1) is 7.80. The maximum Gasteiger partial charge on any atom is 0.416 e. The van der Waals surface area contributed by atoms with E-state index in [1.54, 1.807) is 0 Å². The Hall–Kier alpha value is -0.750. The number of benzene rings is 1. The minimum Gasteiger partial charge on any atom is -0.383 e. The van der Waals surface area contributed by atoms with E-state index < -0.39 is 11.7 Å². The third-order valence-electron chi connectivity index (χ3n) is 2.17. The average molecular weight is 311 g/mol. The van der Waals surface area contributed by atoms with Gasteiger partial charge in [-0.2, -0.15) is 13.2 Å². The molecule has 96 valence electrons. The molecule has 1 N–H and O–H groups in total. The van der Waals surface area contributed by atoms with Crippen molar-refractivity contribution in [2.75, 3.05) is 32.5 Å². The highest BCUT2D eigenvalue weighted by atomic mass is 79.9. The number of nitrogens with one attached hydrogen (secondary N) is 1. The Balaban J connectivity index is 2.70. The van der Waals surface area contributed by atoms with Crippen molar-refractivity contribution in [3.63, 3.8) is 0 Å². The molecule has 0 radical (unpaired) electrons. The topological polar surface area (TPSA) is 15.3 Å². The normalized spacial score (nSPS) is 11.9. The first-order valence-electron chi connectivity index (χ1n) is 5.06. The van der Waals surface area contributed by atoms with E-state index in [0.717, 1.165) is 18.7 Å². The van der Waals surface area contributed by atoms with Crippen LogP contribution in [0.5, 0.6) is 0 Å². The summed E-state index contributed by atoms with van der Waals surface area (Å²) >= 11 is 3.13. The summed E-state index contributed by atoms with van der Waals surface area (Å²) in [5.74, 6) is 0. The van der Waals surface area contributed by atoms with Crippen LogP contribution in [0, 0.1) is 0 Å².